The number of benzene rings is 2. The summed E-state index contributed by atoms with van der Waals surface area (Å²) in [6.07, 6.45) is 1.74. The van der Waals surface area contributed by atoms with E-state index in [4.69, 9.17) is 4.42 Å². The molecule has 0 bridgehead atoms. The molecule has 0 unspecified atom stereocenters. The molecule has 4 aromatic rings. The predicted octanol–water partition coefficient (Wildman–Crippen LogP) is 5.55. The van der Waals surface area contributed by atoms with Crippen LogP contribution in [-0.4, -0.2) is 4.98 Å². The van der Waals surface area contributed by atoms with Crippen molar-refractivity contribution in [3.05, 3.63) is 102 Å². The molecule has 126 valence electrons. The van der Waals surface area contributed by atoms with Crippen molar-refractivity contribution in [3.63, 3.8) is 0 Å². The molecule has 0 radical (unpaired) electrons. The van der Waals surface area contributed by atoms with E-state index in [-0.39, 0.29) is 0 Å². The summed E-state index contributed by atoms with van der Waals surface area (Å²) in [6.45, 7) is 1.99. The van der Waals surface area contributed by atoms with Crippen molar-refractivity contribution in [2.75, 3.05) is 0 Å². The summed E-state index contributed by atoms with van der Waals surface area (Å²) >= 11 is 0. The first-order valence-electron chi connectivity index (χ1n) is 8.52. The molecule has 0 aliphatic heterocycles. The summed E-state index contributed by atoms with van der Waals surface area (Å²) in [6, 6.07) is 28.2. The Balaban J connectivity index is 1.93. The molecular weight excluding hydrogens is 320 g/mol. The van der Waals surface area contributed by atoms with Gasteiger partial charge in [-0.05, 0) is 35.7 Å². The van der Waals surface area contributed by atoms with E-state index in [1.54, 1.807) is 6.20 Å². The van der Waals surface area contributed by atoms with Crippen LogP contribution < -0.4 is 5.55 Å². The van der Waals surface area contributed by atoms with Gasteiger partial charge >= 0.3 is 0 Å². The van der Waals surface area contributed by atoms with E-state index in [1.165, 1.54) is 0 Å². The van der Waals surface area contributed by atoms with Gasteiger partial charge in [-0.1, -0.05) is 66.7 Å². The molecule has 0 aliphatic rings. The van der Waals surface area contributed by atoms with E-state index in [1.807, 2.05) is 73.7 Å². The molecule has 2 heterocycles. The number of hydrogen-bond donors (Lipinski definition) is 0. The molecule has 0 amide bonds. The molecule has 0 spiro atoms. The van der Waals surface area contributed by atoms with Crippen molar-refractivity contribution in [2.45, 2.75) is 6.92 Å². The monoisotopic (exact) mass is 338 g/mol. The van der Waals surface area contributed by atoms with Gasteiger partial charge in [0, 0.05) is 17.8 Å². The average molecular weight is 338 g/mol. The molecule has 0 saturated carbocycles. The maximum Gasteiger partial charge on any atom is 0.221 e. The Morgan fingerprint density at radius 3 is 2.12 bits per heavy atom. The third-order valence-corrected chi connectivity index (χ3v) is 4.14. The van der Waals surface area contributed by atoms with E-state index in [2.05, 4.69) is 28.2 Å². The van der Waals surface area contributed by atoms with Gasteiger partial charge in [0.15, 0.2) is 5.82 Å². The highest BCUT2D eigenvalue weighted by Crippen LogP contribution is 2.25. The Bertz CT molecular complexity index is 1020. The second-order valence-corrected chi connectivity index (χ2v) is 6.04. The fourth-order valence-electron chi connectivity index (χ4n) is 2.78. The predicted molar refractivity (Wildman–Crippen MR) is 104 cm³/mol. The smallest absolute Gasteiger partial charge is 0.221 e. The van der Waals surface area contributed by atoms with Crippen LogP contribution in [0.1, 0.15) is 5.56 Å². The first kappa shape index (κ1) is 16.0. The van der Waals surface area contributed by atoms with Gasteiger partial charge in [-0.2, -0.15) is 4.99 Å². The second kappa shape index (κ2) is 7.19. The molecule has 0 atom stereocenters. The third kappa shape index (κ3) is 3.47. The Labute approximate surface area is 152 Å². The van der Waals surface area contributed by atoms with Crippen LogP contribution in [0.4, 0.5) is 5.82 Å². The van der Waals surface area contributed by atoms with Crippen LogP contribution in [0.15, 0.2) is 101 Å². The summed E-state index contributed by atoms with van der Waals surface area (Å²) in [7, 11) is 0. The fourth-order valence-corrected chi connectivity index (χ4v) is 2.78. The van der Waals surface area contributed by atoms with Crippen molar-refractivity contribution in [1.29, 1.82) is 0 Å². The summed E-state index contributed by atoms with van der Waals surface area (Å²) in [5, 5.41) is 0. The van der Waals surface area contributed by atoms with E-state index < -0.39 is 0 Å². The van der Waals surface area contributed by atoms with E-state index >= 15 is 0 Å². The maximum absolute atomic E-state index is 6.08. The quantitative estimate of drug-likeness (QED) is 0.491. The minimum Gasteiger partial charge on any atom is -0.438 e. The van der Waals surface area contributed by atoms with Crippen LogP contribution in [0, 0.1) is 6.92 Å². The van der Waals surface area contributed by atoms with Gasteiger partial charge in [0.2, 0.25) is 5.55 Å². The van der Waals surface area contributed by atoms with Crippen LogP contribution in [0.2, 0.25) is 0 Å². The molecule has 0 saturated heterocycles. The number of rotatable bonds is 3. The lowest BCUT2D eigenvalue weighted by atomic mass is 10.0. The molecule has 4 rings (SSSR count). The summed E-state index contributed by atoms with van der Waals surface area (Å²) in [4.78, 5) is 8.99. The van der Waals surface area contributed by atoms with Crippen LogP contribution in [0.5, 0.6) is 0 Å². The van der Waals surface area contributed by atoms with Crippen molar-refractivity contribution >= 4 is 5.82 Å². The number of hydrogen-bond acceptors (Lipinski definition) is 3. The minimum atomic E-state index is 0.534. The van der Waals surface area contributed by atoms with Gasteiger partial charge in [0.1, 0.15) is 5.76 Å². The van der Waals surface area contributed by atoms with Gasteiger partial charge in [-0.25, -0.2) is 4.98 Å². The molecular formula is C23H18N2O. The number of pyridine rings is 1. The van der Waals surface area contributed by atoms with Crippen LogP contribution in [-0.2, 0) is 0 Å². The standard InChI is InChI=1S/C23H18N2O/c1-17-9-8-14-24-23(17)25-22-16-20(18-10-4-2-5-11-18)15-21(26-22)19-12-6-3-7-13-19/h2-16H,1H3/b25-22-. The minimum absolute atomic E-state index is 0.534. The first-order valence-corrected chi connectivity index (χ1v) is 8.52. The van der Waals surface area contributed by atoms with Gasteiger partial charge in [-0.15, -0.1) is 0 Å². The molecule has 2 aromatic carbocycles. The normalized spacial score (nSPS) is 11.5. The van der Waals surface area contributed by atoms with Crippen molar-refractivity contribution in [3.8, 4) is 22.5 Å². The zero-order chi connectivity index (χ0) is 17.8. The molecule has 0 fully saturated rings. The number of aryl methyl sites for hydroxylation is 1. The maximum atomic E-state index is 6.08. The van der Waals surface area contributed by atoms with E-state index in [0.717, 1.165) is 28.0 Å². The zero-order valence-corrected chi connectivity index (χ0v) is 14.5. The van der Waals surface area contributed by atoms with Crippen molar-refractivity contribution in [2.24, 2.45) is 4.99 Å². The molecule has 2 aromatic heterocycles. The molecule has 26 heavy (non-hydrogen) atoms. The second-order valence-electron chi connectivity index (χ2n) is 6.04. The Morgan fingerprint density at radius 2 is 1.42 bits per heavy atom. The highest BCUT2D eigenvalue weighted by atomic mass is 16.3. The van der Waals surface area contributed by atoms with Gasteiger partial charge in [-0.3, -0.25) is 0 Å². The first-order chi connectivity index (χ1) is 12.8. The Morgan fingerprint density at radius 1 is 0.731 bits per heavy atom. The SMILES string of the molecule is Cc1cccnc1/N=c1/cc(-c2ccccc2)cc(-c2ccccc2)o1. The van der Waals surface area contributed by atoms with Crippen LogP contribution >= 0.6 is 0 Å². The van der Waals surface area contributed by atoms with E-state index in [9.17, 15) is 0 Å². The third-order valence-electron chi connectivity index (χ3n) is 4.14. The summed E-state index contributed by atoms with van der Waals surface area (Å²) in [5.41, 5.74) is 4.73. The van der Waals surface area contributed by atoms with Gasteiger partial charge in [0.05, 0.1) is 0 Å². The average Bonchev–Trinajstić information content (AvgIpc) is 2.71. The van der Waals surface area contributed by atoms with Crippen molar-refractivity contribution < 1.29 is 4.42 Å². The zero-order valence-electron chi connectivity index (χ0n) is 14.5. The largest absolute Gasteiger partial charge is 0.438 e. The number of nitrogens with zero attached hydrogens (tertiary/aromatic N) is 2. The molecule has 3 nitrogen and oxygen atoms in total. The topological polar surface area (TPSA) is 38.4 Å². The highest BCUT2D eigenvalue weighted by molar-refractivity contribution is 5.69. The van der Waals surface area contributed by atoms with Crippen molar-refractivity contribution in [1.82, 2.24) is 4.98 Å². The van der Waals surface area contributed by atoms with Crippen LogP contribution in [0.3, 0.4) is 0 Å². The van der Waals surface area contributed by atoms with E-state index in [0.29, 0.717) is 11.4 Å². The van der Waals surface area contributed by atoms with Gasteiger partial charge < -0.3 is 4.42 Å². The molecule has 0 aliphatic carbocycles. The lowest BCUT2D eigenvalue weighted by Crippen LogP contribution is -2.02. The lowest BCUT2D eigenvalue weighted by molar-refractivity contribution is 0.511. The van der Waals surface area contributed by atoms with Crippen LogP contribution in [0.25, 0.3) is 22.5 Å². The molecule has 3 heteroatoms. The summed E-state index contributed by atoms with van der Waals surface area (Å²) in [5.74, 6) is 1.44. The van der Waals surface area contributed by atoms with Gasteiger partial charge in [0.25, 0.3) is 0 Å². The Hall–Kier alpha value is -3.46. The summed E-state index contributed by atoms with van der Waals surface area (Å²) < 4.78 is 6.08. The Kier molecular flexibility index (Phi) is 4.44. The fraction of sp³-hybridized carbons (Fsp3) is 0.0435. The lowest BCUT2D eigenvalue weighted by Gasteiger charge is -2.06. The number of aromatic nitrogens is 1. The molecule has 0 N–H and O–H groups in total. The highest BCUT2D eigenvalue weighted by Gasteiger charge is 2.06.